The molecule has 0 bridgehead atoms. The van der Waals surface area contributed by atoms with E-state index in [0.717, 1.165) is 51.4 Å². The molecule has 0 fully saturated rings. The first-order chi connectivity index (χ1) is 26.6. The zero-order chi connectivity index (χ0) is 40.7. The minimum atomic E-state index is -4.71. The maximum atomic E-state index is 12.6. The molecule has 0 spiro atoms. The van der Waals surface area contributed by atoms with Crippen molar-refractivity contribution in [2.75, 3.05) is 19.8 Å². The molecule has 0 radical (unpaired) electrons. The summed E-state index contributed by atoms with van der Waals surface area (Å²) < 4.78 is 32.7. The van der Waals surface area contributed by atoms with Crippen LogP contribution in [0.3, 0.4) is 0 Å². The van der Waals surface area contributed by atoms with Crippen LogP contribution >= 0.6 is 7.82 Å². The second-order valence-electron chi connectivity index (χ2n) is 14.8. The van der Waals surface area contributed by atoms with E-state index in [4.69, 9.17) is 24.8 Å². The third-order valence-electron chi connectivity index (χ3n) is 9.45. The molecule has 0 aliphatic rings. The number of phosphoric acid groups is 1. The smallest absolute Gasteiger partial charge is 0.472 e. The highest BCUT2D eigenvalue weighted by Crippen LogP contribution is 2.43. The number of aliphatic carboxylic acids is 1. The van der Waals surface area contributed by atoms with Crippen LogP contribution in [-0.4, -0.2) is 59.9 Å². The van der Waals surface area contributed by atoms with Gasteiger partial charge in [0.15, 0.2) is 6.10 Å². The van der Waals surface area contributed by atoms with Crippen LogP contribution < -0.4 is 5.73 Å². The zero-order valence-electron chi connectivity index (χ0n) is 34.8. The Morgan fingerprint density at radius 1 is 0.564 bits per heavy atom. The molecule has 0 aliphatic heterocycles. The quantitative estimate of drug-likeness (QED) is 0.0232. The molecular formula is C43H80NO10P. The van der Waals surface area contributed by atoms with Gasteiger partial charge in [0.05, 0.1) is 13.2 Å². The van der Waals surface area contributed by atoms with Crippen LogP contribution in [0.5, 0.6) is 0 Å². The predicted octanol–water partition coefficient (Wildman–Crippen LogP) is 11.5. The van der Waals surface area contributed by atoms with Gasteiger partial charge in [0, 0.05) is 12.8 Å². The fourth-order valence-corrected chi connectivity index (χ4v) is 6.76. The van der Waals surface area contributed by atoms with Gasteiger partial charge in [-0.2, -0.15) is 0 Å². The maximum absolute atomic E-state index is 12.6. The number of nitrogens with two attached hydrogens (primary N) is 1. The van der Waals surface area contributed by atoms with Gasteiger partial charge in [0.25, 0.3) is 0 Å². The summed E-state index contributed by atoms with van der Waals surface area (Å²) >= 11 is 0. The molecule has 4 N–H and O–H groups in total. The van der Waals surface area contributed by atoms with E-state index in [9.17, 15) is 23.8 Å². The van der Waals surface area contributed by atoms with E-state index in [-0.39, 0.29) is 19.4 Å². The van der Waals surface area contributed by atoms with Crippen LogP contribution in [0, 0.1) is 0 Å². The fraction of sp³-hybridized carbons (Fsp3) is 0.837. The molecule has 0 saturated carbocycles. The number of carboxylic acid groups (broad SMARTS) is 1. The largest absolute Gasteiger partial charge is 0.480 e. The van der Waals surface area contributed by atoms with Crippen molar-refractivity contribution in [3.63, 3.8) is 0 Å². The number of carbonyl (C=O) groups excluding carboxylic acids is 2. The molecular weight excluding hydrogens is 721 g/mol. The van der Waals surface area contributed by atoms with Gasteiger partial charge in [-0.1, -0.05) is 167 Å². The van der Waals surface area contributed by atoms with Crippen molar-refractivity contribution < 1.29 is 47.5 Å². The molecule has 11 nitrogen and oxygen atoms in total. The van der Waals surface area contributed by atoms with Gasteiger partial charge >= 0.3 is 25.7 Å². The first-order valence-electron chi connectivity index (χ1n) is 21.9. The van der Waals surface area contributed by atoms with Crippen LogP contribution in [0.1, 0.15) is 200 Å². The van der Waals surface area contributed by atoms with Crippen molar-refractivity contribution in [2.45, 2.75) is 212 Å². The summed E-state index contributed by atoms with van der Waals surface area (Å²) in [4.78, 5) is 45.9. The van der Waals surface area contributed by atoms with Crippen LogP contribution in [0.4, 0.5) is 0 Å². The second-order valence-corrected chi connectivity index (χ2v) is 16.3. The molecule has 0 amide bonds. The zero-order valence-corrected chi connectivity index (χ0v) is 35.7. The summed E-state index contributed by atoms with van der Waals surface area (Å²) in [5, 5.41) is 8.88. The Morgan fingerprint density at radius 2 is 0.964 bits per heavy atom. The topological polar surface area (TPSA) is 172 Å². The van der Waals surface area contributed by atoms with E-state index in [2.05, 4.69) is 42.7 Å². The van der Waals surface area contributed by atoms with Crippen LogP contribution in [0.2, 0.25) is 0 Å². The number of rotatable bonds is 41. The van der Waals surface area contributed by atoms with Crippen molar-refractivity contribution in [1.82, 2.24) is 0 Å². The minimum absolute atomic E-state index is 0.164. The van der Waals surface area contributed by atoms with Crippen LogP contribution in [0.25, 0.3) is 0 Å². The summed E-state index contributed by atoms with van der Waals surface area (Å²) in [7, 11) is -4.71. The first kappa shape index (κ1) is 53.0. The van der Waals surface area contributed by atoms with Crippen LogP contribution in [-0.2, 0) is 37.5 Å². The maximum Gasteiger partial charge on any atom is 0.472 e. The molecule has 0 heterocycles. The molecule has 12 heteroatoms. The summed E-state index contributed by atoms with van der Waals surface area (Å²) in [6.45, 7) is 2.78. The Hall–Kier alpha value is -2.04. The average molecular weight is 802 g/mol. The molecule has 0 rings (SSSR count). The Balaban J connectivity index is 4.30. The highest BCUT2D eigenvalue weighted by atomic mass is 31.2. The van der Waals surface area contributed by atoms with Gasteiger partial charge in [-0.05, 0) is 44.9 Å². The Kier molecular flexibility index (Phi) is 37.4. The molecule has 0 aromatic heterocycles. The Bertz CT molecular complexity index is 1040. The number of carboxylic acids is 1. The molecule has 0 aromatic rings. The lowest BCUT2D eigenvalue weighted by Gasteiger charge is -2.20. The number of allylic oxidation sites excluding steroid dienone is 4. The monoisotopic (exact) mass is 802 g/mol. The summed E-state index contributed by atoms with van der Waals surface area (Å²) in [6.07, 6.45) is 39.5. The molecule has 1 unspecified atom stereocenters. The number of esters is 2. The second kappa shape index (κ2) is 38.8. The standard InChI is InChI=1S/C43H80NO10P/c1-3-5-7-9-11-13-15-17-18-19-20-21-22-23-25-26-28-30-32-34-41(45)51-36-39(37-52-55(49,50)53-38-40(44)43(47)48)54-42(46)35-33-31-29-27-24-16-14-12-10-8-6-4-2/h11,13,17-18,39-40H,3-10,12,14-16,19-38,44H2,1-2H3,(H,47,48)(H,49,50)/b13-11-,18-17-/t39-,40+/m1/s1. The minimum Gasteiger partial charge on any atom is -0.480 e. The fourth-order valence-electron chi connectivity index (χ4n) is 5.98. The number of phosphoric ester groups is 1. The highest BCUT2D eigenvalue weighted by molar-refractivity contribution is 7.47. The van der Waals surface area contributed by atoms with Gasteiger partial charge < -0.3 is 25.2 Å². The number of ether oxygens (including phenoxy) is 2. The van der Waals surface area contributed by atoms with E-state index in [0.29, 0.717) is 12.8 Å². The average Bonchev–Trinajstić information content (AvgIpc) is 3.16. The predicted molar refractivity (Wildman–Crippen MR) is 222 cm³/mol. The molecule has 0 saturated heterocycles. The lowest BCUT2D eigenvalue weighted by molar-refractivity contribution is -0.161. The van der Waals surface area contributed by atoms with E-state index in [1.54, 1.807) is 0 Å². The van der Waals surface area contributed by atoms with Crippen molar-refractivity contribution in [3.05, 3.63) is 24.3 Å². The van der Waals surface area contributed by atoms with Gasteiger partial charge in [-0.3, -0.25) is 23.4 Å². The lowest BCUT2D eigenvalue weighted by Crippen LogP contribution is -2.34. The molecule has 0 aliphatic carbocycles. The first-order valence-corrected chi connectivity index (χ1v) is 23.4. The molecule has 322 valence electrons. The number of carbonyl (C=O) groups is 3. The van der Waals surface area contributed by atoms with Crippen molar-refractivity contribution in [2.24, 2.45) is 5.73 Å². The van der Waals surface area contributed by atoms with Crippen molar-refractivity contribution >= 4 is 25.7 Å². The third kappa shape index (κ3) is 38.6. The lowest BCUT2D eigenvalue weighted by atomic mass is 10.0. The summed E-state index contributed by atoms with van der Waals surface area (Å²) in [6, 6.07) is -1.52. The number of hydrogen-bond donors (Lipinski definition) is 3. The van der Waals surface area contributed by atoms with Gasteiger partial charge in [0.1, 0.15) is 12.6 Å². The molecule has 3 atom stereocenters. The number of hydrogen-bond acceptors (Lipinski definition) is 9. The summed E-state index contributed by atoms with van der Waals surface area (Å²) in [5.41, 5.74) is 5.33. The third-order valence-corrected chi connectivity index (χ3v) is 10.4. The SMILES string of the molecule is CCCCC/C=C\C/C=C\CCCCCCCCCCCC(=O)OC[C@H](COP(=O)(O)OC[C@H](N)C(=O)O)OC(=O)CCCCCCCCCCCCCC. The normalized spacial score (nSPS) is 14.0. The molecule has 55 heavy (non-hydrogen) atoms. The summed E-state index contributed by atoms with van der Waals surface area (Å²) in [5.74, 6) is -2.38. The molecule has 0 aromatic carbocycles. The van der Waals surface area contributed by atoms with Crippen LogP contribution in [0.15, 0.2) is 24.3 Å². The van der Waals surface area contributed by atoms with E-state index in [1.807, 2.05) is 0 Å². The number of unbranched alkanes of at least 4 members (excludes halogenated alkanes) is 23. The Morgan fingerprint density at radius 3 is 1.45 bits per heavy atom. The van der Waals surface area contributed by atoms with Gasteiger partial charge in [-0.15, -0.1) is 0 Å². The van der Waals surface area contributed by atoms with E-state index >= 15 is 0 Å². The van der Waals surface area contributed by atoms with Crippen molar-refractivity contribution in [3.8, 4) is 0 Å². The van der Waals surface area contributed by atoms with E-state index < -0.39 is 51.1 Å². The highest BCUT2D eigenvalue weighted by Gasteiger charge is 2.28. The van der Waals surface area contributed by atoms with Gasteiger partial charge in [0.2, 0.25) is 0 Å². The van der Waals surface area contributed by atoms with E-state index in [1.165, 1.54) is 109 Å². The van der Waals surface area contributed by atoms with Crippen molar-refractivity contribution in [1.29, 1.82) is 0 Å². The Labute approximate surface area is 334 Å². The van der Waals surface area contributed by atoms with Gasteiger partial charge in [-0.25, -0.2) is 4.57 Å².